The number of rotatable bonds is 5. The molecule has 0 bridgehead atoms. The summed E-state index contributed by atoms with van der Waals surface area (Å²) in [5.74, 6) is 0.879. The van der Waals surface area contributed by atoms with Crippen molar-refractivity contribution in [1.29, 1.82) is 5.26 Å². The minimum atomic E-state index is -0.459. The molecule has 0 aliphatic heterocycles. The first-order valence-corrected chi connectivity index (χ1v) is 6.27. The molecule has 100 valence electrons. The number of aliphatic imine (C=N–C) groups is 1. The molecule has 0 aliphatic carbocycles. The molecule has 1 unspecified atom stereocenters. The Kier molecular flexibility index (Phi) is 4.74. The topological polar surface area (TPSA) is 71.4 Å². The van der Waals surface area contributed by atoms with E-state index in [9.17, 15) is 0 Å². The summed E-state index contributed by atoms with van der Waals surface area (Å²) < 4.78 is 5.83. The molecule has 4 nitrogen and oxygen atoms in total. The Labute approximate surface area is 118 Å². The van der Waals surface area contributed by atoms with E-state index in [0.29, 0.717) is 12.2 Å². The quantitative estimate of drug-likeness (QED) is 0.513. The lowest BCUT2D eigenvalue weighted by molar-refractivity contribution is 0.266. The van der Waals surface area contributed by atoms with Crippen molar-refractivity contribution in [3.63, 3.8) is 0 Å². The van der Waals surface area contributed by atoms with E-state index in [2.05, 4.69) is 4.99 Å². The summed E-state index contributed by atoms with van der Waals surface area (Å²) in [6.45, 7) is 0. The van der Waals surface area contributed by atoms with Gasteiger partial charge in [-0.05, 0) is 17.7 Å². The van der Waals surface area contributed by atoms with Crippen LogP contribution in [0.15, 0.2) is 65.7 Å². The van der Waals surface area contributed by atoms with Gasteiger partial charge in [0.05, 0.1) is 0 Å². The van der Waals surface area contributed by atoms with Crippen LogP contribution in [-0.4, -0.2) is 11.9 Å². The number of nitrogens with zero attached hydrogens (tertiary/aromatic N) is 2. The molecule has 2 aromatic rings. The van der Waals surface area contributed by atoms with Crippen LogP contribution < -0.4 is 10.5 Å². The highest BCUT2D eigenvalue weighted by molar-refractivity contribution is 5.86. The maximum atomic E-state index is 8.64. The minimum Gasteiger partial charge on any atom is -0.482 e. The Morgan fingerprint density at radius 3 is 2.30 bits per heavy atom. The van der Waals surface area contributed by atoms with E-state index in [-0.39, 0.29) is 5.84 Å². The van der Waals surface area contributed by atoms with E-state index in [1.54, 1.807) is 6.19 Å². The molecule has 2 rings (SSSR count). The molecule has 0 radical (unpaired) electrons. The standard InChI is InChI=1S/C16H15N3O/c17-12-19-16(18)15(11-13-7-3-1-4-8-13)20-14-9-5-2-6-10-14/h1-10,15H,11H2,(H2,18,19). The molecular formula is C16H15N3O. The van der Waals surface area contributed by atoms with Crippen LogP contribution in [0.4, 0.5) is 0 Å². The van der Waals surface area contributed by atoms with Crippen molar-refractivity contribution in [1.82, 2.24) is 0 Å². The first kappa shape index (κ1) is 13.6. The second-order valence-electron chi connectivity index (χ2n) is 4.25. The van der Waals surface area contributed by atoms with Gasteiger partial charge in [0, 0.05) is 6.42 Å². The maximum absolute atomic E-state index is 8.64. The molecule has 0 aliphatic rings. The Morgan fingerprint density at radius 2 is 1.70 bits per heavy atom. The van der Waals surface area contributed by atoms with Crippen molar-refractivity contribution < 1.29 is 4.74 Å². The molecule has 0 aromatic heterocycles. The van der Waals surface area contributed by atoms with Crippen LogP contribution in [0.3, 0.4) is 0 Å². The molecule has 20 heavy (non-hydrogen) atoms. The van der Waals surface area contributed by atoms with Crippen LogP contribution in [0.25, 0.3) is 0 Å². The predicted octanol–water partition coefficient (Wildman–Crippen LogP) is 2.51. The highest BCUT2D eigenvalue weighted by Gasteiger charge is 2.16. The first-order valence-electron chi connectivity index (χ1n) is 6.27. The number of hydrogen-bond acceptors (Lipinski definition) is 3. The molecular weight excluding hydrogens is 250 g/mol. The molecule has 0 heterocycles. The Balaban J connectivity index is 2.17. The van der Waals surface area contributed by atoms with Gasteiger partial charge in [-0.25, -0.2) is 0 Å². The zero-order valence-electron chi connectivity index (χ0n) is 10.9. The van der Waals surface area contributed by atoms with Gasteiger partial charge in [-0.15, -0.1) is 0 Å². The zero-order valence-corrected chi connectivity index (χ0v) is 10.9. The SMILES string of the molecule is N#CN=C(N)C(Cc1ccccc1)Oc1ccccc1. The number of para-hydroxylation sites is 1. The number of nitriles is 1. The molecule has 0 saturated heterocycles. The first-order chi connectivity index (χ1) is 9.79. The van der Waals surface area contributed by atoms with Crippen molar-refractivity contribution in [3.8, 4) is 11.9 Å². The van der Waals surface area contributed by atoms with E-state index in [4.69, 9.17) is 15.7 Å². The second kappa shape index (κ2) is 6.95. The van der Waals surface area contributed by atoms with E-state index in [0.717, 1.165) is 5.56 Å². The van der Waals surface area contributed by atoms with Gasteiger partial charge in [-0.3, -0.25) is 0 Å². The van der Waals surface area contributed by atoms with Gasteiger partial charge in [0.1, 0.15) is 5.75 Å². The predicted molar refractivity (Wildman–Crippen MR) is 78.2 cm³/mol. The fourth-order valence-electron chi connectivity index (χ4n) is 1.83. The minimum absolute atomic E-state index is 0.181. The summed E-state index contributed by atoms with van der Waals surface area (Å²) >= 11 is 0. The van der Waals surface area contributed by atoms with Crippen LogP contribution in [0.1, 0.15) is 5.56 Å². The maximum Gasteiger partial charge on any atom is 0.207 e. The van der Waals surface area contributed by atoms with E-state index in [1.165, 1.54) is 0 Å². The molecule has 0 fully saturated rings. The normalized spacial score (nSPS) is 12.4. The fraction of sp³-hybridized carbons (Fsp3) is 0.125. The van der Waals surface area contributed by atoms with Gasteiger partial charge in [-0.2, -0.15) is 10.3 Å². The Hall–Kier alpha value is -2.80. The molecule has 4 heteroatoms. The van der Waals surface area contributed by atoms with Crippen LogP contribution in [-0.2, 0) is 6.42 Å². The number of nitrogens with two attached hydrogens (primary N) is 1. The lowest BCUT2D eigenvalue weighted by Crippen LogP contribution is -2.35. The highest BCUT2D eigenvalue weighted by Crippen LogP contribution is 2.14. The van der Waals surface area contributed by atoms with E-state index in [1.807, 2.05) is 60.7 Å². The largest absolute Gasteiger partial charge is 0.482 e. The summed E-state index contributed by atoms with van der Waals surface area (Å²) in [7, 11) is 0. The molecule has 1 atom stereocenters. The Bertz CT molecular complexity index is 561. The van der Waals surface area contributed by atoms with E-state index >= 15 is 0 Å². The lowest BCUT2D eigenvalue weighted by Gasteiger charge is -2.18. The summed E-state index contributed by atoms with van der Waals surface area (Å²) in [6, 6.07) is 19.2. The third-order valence-corrected chi connectivity index (χ3v) is 2.79. The average Bonchev–Trinajstić information content (AvgIpc) is 2.49. The van der Waals surface area contributed by atoms with Crippen LogP contribution in [0.2, 0.25) is 0 Å². The monoisotopic (exact) mass is 265 g/mol. The average molecular weight is 265 g/mol. The van der Waals surface area contributed by atoms with Gasteiger partial charge in [-0.1, -0.05) is 48.5 Å². The van der Waals surface area contributed by atoms with Crippen molar-refractivity contribution >= 4 is 5.84 Å². The molecule has 2 aromatic carbocycles. The summed E-state index contributed by atoms with van der Waals surface area (Å²) in [5.41, 5.74) is 6.90. The highest BCUT2D eigenvalue weighted by atomic mass is 16.5. The molecule has 0 spiro atoms. The molecule has 2 N–H and O–H groups in total. The molecule has 0 amide bonds. The third kappa shape index (κ3) is 3.85. The van der Waals surface area contributed by atoms with Gasteiger partial charge in [0.2, 0.25) is 6.19 Å². The van der Waals surface area contributed by atoms with Gasteiger partial charge in [0.25, 0.3) is 0 Å². The second-order valence-corrected chi connectivity index (χ2v) is 4.25. The number of benzene rings is 2. The van der Waals surface area contributed by atoms with Crippen molar-refractivity contribution in [3.05, 3.63) is 66.2 Å². The number of amidine groups is 1. The van der Waals surface area contributed by atoms with Crippen LogP contribution in [0.5, 0.6) is 5.75 Å². The van der Waals surface area contributed by atoms with Crippen molar-refractivity contribution in [2.45, 2.75) is 12.5 Å². The van der Waals surface area contributed by atoms with Gasteiger partial charge in [0.15, 0.2) is 11.9 Å². The fourth-order valence-corrected chi connectivity index (χ4v) is 1.83. The summed E-state index contributed by atoms with van der Waals surface area (Å²) in [6.07, 6.45) is 1.81. The third-order valence-electron chi connectivity index (χ3n) is 2.79. The number of hydrogen-bond donors (Lipinski definition) is 1. The van der Waals surface area contributed by atoms with Crippen molar-refractivity contribution in [2.24, 2.45) is 10.7 Å². The summed E-state index contributed by atoms with van der Waals surface area (Å²) in [4.78, 5) is 3.59. The van der Waals surface area contributed by atoms with Crippen molar-refractivity contribution in [2.75, 3.05) is 0 Å². The van der Waals surface area contributed by atoms with E-state index < -0.39 is 6.10 Å². The zero-order chi connectivity index (χ0) is 14.2. The smallest absolute Gasteiger partial charge is 0.207 e. The molecule has 0 saturated carbocycles. The van der Waals surface area contributed by atoms with Gasteiger partial charge >= 0.3 is 0 Å². The summed E-state index contributed by atoms with van der Waals surface area (Å²) in [5, 5.41) is 8.64. The van der Waals surface area contributed by atoms with Crippen LogP contribution in [0, 0.1) is 11.5 Å². The lowest BCUT2D eigenvalue weighted by atomic mass is 10.1. The van der Waals surface area contributed by atoms with Crippen LogP contribution >= 0.6 is 0 Å². The van der Waals surface area contributed by atoms with Gasteiger partial charge < -0.3 is 10.5 Å². The number of ether oxygens (including phenoxy) is 1. The Morgan fingerprint density at radius 1 is 1.10 bits per heavy atom.